The molecule has 0 aliphatic carbocycles. The van der Waals surface area contributed by atoms with Crippen molar-refractivity contribution in [3.63, 3.8) is 0 Å². The molecule has 0 radical (unpaired) electrons. The standard InChI is InChI=1S/C21H23N5O2S/c1-15(2)28-18-10-19(21-17(11-22)13-24-26(21)14-18)16-4-5-20(23-12-16)25-6-8-29(3,27)9-7-25/h4-5,10,12-15H,3,6-9H2,1-2H3. The van der Waals surface area contributed by atoms with Gasteiger partial charge in [-0.05, 0) is 47.4 Å². The maximum Gasteiger partial charge on any atom is 0.138 e. The third-order valence-electron chi connectivity index (χ3n) is 4.93. The number of hydrogen-bond donors (Lipinski definition) is 0. The predicted octanol–water partition coefficient (Wildman–Crippen LogP) is 2.59. The number of fused-ring (bicyclic) bond motifs is 1. The molecular weight excluding hydrogens is 386 g/mol. The Morgan fingerprint density at radius 3 is 2.66 bits per heavy atom. The molecule has 1 aliphatic rings. The van der Waals surface area contributed by atoms with Crippen molar-refractivity contribution in [1.82, 2.24) is 14.6 Å². The topological polar surface area (TPSA) is 83.5 Å². The molecule has 4 rings (SSSR count). The van der Waals surface area contributed by atoms with Crippen molar-refractivity contribution in [2.24, 2.45) is 0 Å². The summed E-state index contributed by atoms with van der Waals surface area (Å²) in [5.74, 6) is 6.53. The lowest BCUT2D eigenvalue weighted by atomic mass is 10.1. The zero-order valence-electron chi connectivity index (χ0n) is 16.5. The van der Waals surface area contributed by atoms with E-state index >= 15 is 0 Å². The minimum absolute atomic E-state index is 0.0224. The first-order valence-corrected chi connectivity index (χ1v) is 11.5. The summed E-state index contributed by atoms with van der Waals surface area (Å²) in [7, 11) is -1.94. The van der Waals surface area contributed by atoms with Gasteiger partial charge in [0.1, 0.15) is 17.6 Å². The van der Waals surface area contributed by atoms with Crippen LogP contribution >= 0.6 is 0 Å². The highest BCUT2D eigenvalue weighted by atomic mass is 32.2. The Balaban J connectivity index is 1.72. The van der Waals surface area contributed by atoms with Gasteiger partial charge >= 0.3 is 0 Å². The van der Waals surface area contributed by atoms with Crippen LogP contribution in [-0.4, -0.2) is 55.4 Å². The lowest BCUT2D eigenvalue weighted by molar-refractivity contribution is 0.241. The maximum atomic E-state index is 12.1. The van der Waals surface area contributed by atoms with Crippen LogP contribution in [0.5, 0.6) is 5.75 Å². The fourth-order valence-corrected chi connectivity index (χ4v) is 4.77. The summed E-state index contributed by atoms with van der Waals surface area (Å²) in [4.78, 5) is 6.75. The van der Waals surface area contributed by atoms with Gasteiger partial charge in [-0.15, -0.1) is 0 Å². The summed E-state index contributed by atoms with van der Waals surface area (Å²) < 4.78 is 19.6. The molecule has 0 bridgehead atoms. The molecule has 1 fully saturated rings. The first-order valence-electron chi connectivity index (χ1n) is 9.48. The van der Waals surface area contributed by atoms with Crippen LogP contribution in [0, 0.1) is 11.3 Å². The van der Waals surface area contributed by atoms with Crippen molar-refractivity contribution in [3.05, 3.63) is 42.4 Å². The number of nitriles is 1. The van der Waals surface area contributed by atoms with Gasteiger partial charge in [-0.3, -0.25) is 4.21 Å². The average Bonchev–Trinajstić information content (AvgIpc) is 3.10. The van der Waals surface area contributed by atoms with E-state index in [1.807, 2.05) is 32.0 Å². The molecule has 4 heterocycles. The fourth-order valence-electron chi connectivity index (χ4n) is 3.46. The Morgan fingerprint density at radius 1 is 1.28 bits per heavy atom. The van der Waals surface area contributed by atoms with Crippen molar-refractivity contribution < 1.29 is 8.95 Å². The van der Waals surface area contributed by atoms with E-state index < -0.39 is 9.52 Å². The van der Waals surface area contributed by atoms with E-state index in [1.54, 1.807) is 23.1 Å². The van der Waals surface area contributed by atoms with Gasteiger partial charge in [-0.2, -0.15) is 10.4 Å². The molecule has 0 N–H and O–H groups in total. The number of pyridine rings is 2. The highest BCUT2D eigenvalue weighted by molar-refractivity contribution is 8.00. The third kappa shape index (κ3) is 3.91. The van der Waals surface area contributed by atoms with Crippen LogP contribution < -0.4 is 9.64 Å². The summed E-state index contributed by atoms with van der Waals surface area (Å²) in [6, 6.07) is 8.08. The van der Waals surface area contributed by atoms with E-state index in [0.717, 1.165) is 22.5 Å². The van der Waals surface area contributed by atoms with Crippen molar-refractivity contribution in [3.8, 4) is 22.9 Å². The largest absolute Gasteiger partial charge is 0.489 e. The Bertz CT molecular complexity index is 1180. The highest BCUT2D eigenvalue weighted by Gasteiger charge is 2.19. The Kier molecular flexibility index (Phi) is 4.92. The Hall–Kier alpha value is -3.05. The van der Waals surface area contributed by atoms with Crippen molar-refractivity contribution in [2.45, 2.75) is 20.0 Å². The van der Waals surface area contributed by atoms with Gasteiger partial charge < -0.3 is 9.64 Å². The van der Waals surface area contributed by atoms with Gasteiger partial charge in [0.2, 0.25) is 0 Å². The summed E-state index contributed by atoms with van der Waals surface area (Å²) in [5, 5.41) is 13.8. The van der Waals surface area contributed by atoms with Gasteiger partial charge in [0.15, 0.2) is 0 Å². The smallest absolute Gasteiger partial charge is 0.138 e. The van der Waals surface area contributed by atoms with Gasteiger partial charge in [-0.1, -0.05) is 0 Å². The molecule has 0 saturated carbocycles. The molecule has 8 heteroatoms. The molecular formula is C21H23N5O2S. The van der Waals surface area contributed by atoms with Crippen molar-refractivity contribution in [2.75, 3.05) is 29.5 Å². The minimum atomic E-state index is -1.94. The van der Waals surface area contributed by atoms with Gasteiger partial charge in [-0.25, -0.2) is 9.50 Å². The second kappa shape index (κ2) is 7.41. The third-order valence-corrected chi connectivity index (χ3v) is 6.78. The SMILES string of the molecule is C=S1(=O)CCN(c2ccc(-c3cc(OC(C)C)cn4ncc(C#N)c34)cn2)CC1. The van der Waals surface area contributed by atoms with Crippen LogP contribution in [0.15, 0.2) is 36.8 Å². The molecule has 1 aliphatic heterocycles. The monoisotopic (exact) mass is 409 g/mol. The second-order valence-corrected chi connectivity index (χ2v) is 10.2. The van der Waals surface area contributed by atoms with Gasteiger partial charge in [0.05, 0.1) is 29.6 Å². The normalized spacial score (nSPS) is 16.1. The lowest BCUT2D eigenvalue weighted by Crippen LogP contribution is -2.40. The van der Waals surface area contributed by atoms with Crippen LogP contribution in [0.3, 0.4) is 0 Å². The predicted molar refractivity (Wildman–Crippen MR) is 116 cm³/mol. The molecule has 0 amide bonds. The number of ether oxygens (including phenoxy) is 1. The minimum Gasteiger partial charge on any atom is -0.489 e. The van der Waals surface area contributed by atoms with Crippen LogP contribution in [0.1, 0.15) is 19.4 Å². The van der Waals surface area contributed by atoms with E-state index in [2.05, 4.69) is 26.9 Å². The molecule has 29 heavy (non-hydrogen) atoms. The molecule has 3 aromatic rings. The highest BCUT2D eigenvalue weighted by Crippen LogP contribution is 2.31. The molecule has 0 aromatic carbocycles. The zero-order chi connectivity index (χ0) is 20.6. The van der Waals surface area contributed by atoms with Crippen LogP contribution in [0.4, 0.5) is 5.82 Å². The molecule has 1 saturated heterocycles. The number of aromatic nitrogens is 3. The van der Waals surface area contributed by atoms with Crippen LogP contribution in [-0.2, 0) is 9.52 Å². The van der Waals surface area contributed by atoms with Gasteiger partial charge in [0, 0.05) is 41.9 Å². The van der Waals surface area contributed by atoms with E-state index in [-0.39, 0.29) is 6.10 Å². The first kappa shape index (κ1) is 19.3. The summed E-state index contributed by atoms with van der Waals surface area (Å²) in [6.07, 6.45) is 5.16. The van der Waals surface area contributed by atoms with Crippen LogP contribution in [0.2, 0.25) is 0 Å². The number of rotatable bonds is 4. The van der Waals surface area contributed by atoms with E-state index in [9.17, 15) is 9.47 Å². The fraction of sp³-hybridized carbons (Fsp3) is 0.333. The van der Waals surface area contributed by atoms with Crippen molar-refractivity contribution in [1.29, 1.82) is 5.26 Å². The average molecular weight is 410 g/mol. The van der Waals surface area contributed by atoms with Crippen molar-refractivity contribution >= 4 is 26.7 Å². The first-order chi connectivity index (χ1) is 13.9. The lowest BCUT2D eigenvalue weighted by Gasteiger charge is -2.29. The van der Waals surface area contributed by atoms with E-state index in [4.69, 9.17) is 4.74 Å². The van der Waals surface area contributed by atoms with Gasteiger partial charge in [0.25, 0.3) is 0 Å². The summed E-state index contributed by atoms with van der Waals surface area (Å²) in [6.45, 7) is 5.31. The molecule has 0 spiro atoms. The van der Waals surface area contributed by atoms with Crippen LogP contribution in [0.25, 0.3) is 16.6 Å². The number of hydrogen-bond acceptors (Lipinski definition) is 6. The number of nitrogens with zero attached hydrogens (tertiary/aromatic N) is 5. The molecule has 3 aromatic heterocycles. The second-order valence-electron chi connectivity index (χ2n) is 7.49. The summed E-state index contributed by atoms with van der Waals surface area (Å²) in [5.41, 5.74) is 2.95. The maximum absolute atomic E-state index is 12.1. The molecule has 0 atom stereocenters. The van der Waals surface area contributed by atoms with E-state index in [1.165, 1.54) is 0 Å². The number of anilines is 1. The zero-order valence-corrected chi connectivity index (χ0v) is 17.4. The summed E-state index contributed by atoms with van der Waals surface area (Å²) >= 11 is 0. The Labute approximate surface area is 170 Å². The van der Waals surface area contributed by atoms with E-state index in [0.29, 0.717) is 35.9 Å². The molecule has 7 nitrogen and oxygen atoms in total. The quantitative estimate of drug-likeness (QED) is 0.616. The Morgan fingerprint density at radius 2 is 2.03 bits per heavy atom. The molecule has 150 valence electrons. The molecule has 0 unspecified atom stereocenters.